The highest BCUT2D eigenvalue weighted by atomic mass is 79.9. The van der Waals surface area contributed by atoms with E-state index in [2.05, 4.69) is 29.1 Å². The van der Waals surface area contributed by atoms with E-state index in [4.69, 9.17) is 0 Å². The molecule has 2 atom stereocenters. The summed E-state index contributed by atoms with van der Waals surface area (Å²) in [6, 6.07) is 0. The number of aliphatic hydroxyl groups is 1. The van der Waals surface area contributed by atoms with Gasteiger partial charge < -0.3 is 5.11 Å². The van der Waals surface area contributed by atoms with Crippen molar-refractivity contribution in [1.29, 1.82) is 0 Å². The number of rotatable bonds is 3. The summed E-state index contributed by atoms with van der Waals surface area (Å²) in [6.07, 6.45) is 5.74. The van der Waals surface area contributed by atoms with Gasteiger partial charge in [-0.2, -0.15) is 0 Å². The largest absolute Gasteiger partial charge is 0.388 e. The van der Waals surface area contributed by atoms with Crippen LogP contribution in [-0.4, -0.2) is 16.0 Å². The van der Waals surface area contributed by atoms with Crippen molar-refractivity contribution in [3.63, 3.8) is 0 Å². The number of hydrogen-bond donors (Lipinski definition) is 1. The second kappa shape index (κ2) is 3.75. The van der Waals surface area contributed by atoms with Crippen LogP contribution in [0, 0.1) is 11.8 Å². The van der Waals surface area contributed by atoms with Gasteiger partial charge in [0.15, 0.2) is 0 Å². The lowest BCUT2D eigenvalue weighted by Gasteiger charge is -2.30. The molecule has 0 aliphatic heterocycles. The highest BCUT2D eigenvalue weighted by Gasteiger charge is 2.45. The Morgan fingerprint density at radius 1 is 1.33 bits per heavy atom. The van der Waals surface area contributed by atoms with Crippen LogP contribution in [0.3, 0.4) is 0 Å². The van der Waals surface area contributed by atoms with E-state index >= 15 is 0 Å². The van der Waals surface area contributed by atoms with Gasteiger partial charge in [-0.15, -0.1) is 13.2 Å². The van der Waals surface area contributed by atoms with E-state index in [0.717, 1.165) is 12.8 Å². The number of hydrogen-bond acceptors (Lipinski definition) is 1. The smallest absolute Gasteiger partial charge is 0.0868 e. The highest BCUT2D eigenvalue weighted by molar-refractivity contribution is 9.09. The summed E-state index contributed by atoms with van der Waals surface area (Å²) in [6.45, 7) is 7.48. The molecular formula is C10H15BrO. The number of alkyl halides is 1. The lowest BCUT2D eigenvalue weighted by Crippen LogP contribution is -2.39. The van der Waals surface area contributed by atoms with Crippen molar-refractivity contribution < 1.29 is 5.11 Å². The third-order valence-corrected chi connectivity index (χ3v) is 3.75. The molecule has 0 heterocycles. The Balaban J connectivity index is 2.85. The van der Waals surface area contributed by atoms with Gasteiger partial charge >= 0.3 is 0 Å². The Bertz CT molecular complexity index is 172. The van der Waals surface area contributed by atoms with E-state index in [1.165, 1.54) is 0 Å². The molecule has 0 unspecified atom stereocenters. The van der Waals surface area contributed by atoms with Gasteiger partial charge in [0.05, 0.1) is 5.60 Å². The Kier molecular flexibility index (Phi) is 3.13. The summed E-state index contributed by atoms with van der Waals surface area (Å²) in [5, 5.41) is 10.8. The Morgan fingerprint density at radius 2 is 1.75 bits per heavy atom. The molecule has 1 saturated carbocycles. The minimum Gasteiger partial charge on any atom is -0.388 e. The van der Waals surface area contributed by atoms with E-state index in [1.54, 1.807) is 0 Å². The standard InChI is InChI=1S/C10H15BrO/c1-3-8-5-6-9(4-2)10(8,12)7-11/h3-4,8-9,12H,1-2,5-7H2/t8-,9-/m1/s1. The van der Waals surface area contributed by atoms with Crippen molar-refractivity contribution in [2.75, 3.05) is 5.33 Å². The Morgan fingerprint density at radius 3 is 2.00 bits per heavy atom. The molecule has 0 aromatic heterocycles. The van der Waals surface area contributed by atoms with Gasteiger partial charge in [-0.25, -0.2) is 0 Å². The molecule has 0 bridgehead atoms. The van der Waals surface area contributed by atoms with Gasteiger partial charge in [-0.3, -0.25) is 0 Å². The molecule has 68 valence electrons. The van der Waals surface area contributed by atoms with E-state index in [-0.39, 0.29) is 11.8 Å². The minimum absolute atomic E-state index is 0.208. The molecule has 0 aromatic carbocycles. The van der Waals surface area contributed by atoms with Crippen LogP contribution in [0.1, 0.15) is 12.8 Å². The van der Waals surface area contributed by atoms with Crippen molar-refractivity contribution in [3.05, 3.63) is 25.3 Å². The molecule has 0 radical (unpaired) electrons. The van der Waals surface area contributed by atoms with E-state index in [0.29, 0.717) is 5.33 Å². The normalized spacial score (nSPS) is 33.2. The van der Waals surface area contributed by atoms with Crippen LogP contribution in [-0.2, 0) is 0 Å². The molecule has 0 amide bonds. The van der Waals surface area contributed by atoms with Crippen LogP contribution in [0.2, 0.25) is 0 Å². The maximum absolute atomic E-state index is 10.2. The predicted octanol–water partition coefficient (Wildman–Crippen LogP) is 2.51. The van der Waals surface area contributed by atoms with Crippen LogP contribution in [0.15, 0.2) is 25.3 Å². The lowest BCUT2D eigenvalue weighted by atomic mass is 9.86. The van der Waals surface area contributed by atoms with Crippen LogP contribution in [0.4, 0.5) is 0 Å². The molecule has 1 aliphatic rings. The Hall–Kier alpha value is -0.0800. The summed E-state index contributed by atoms with van der Waals surface area (Å²) in [5.74, 6) is 0.416. The fourth-order valence-electron chi connectivity index (χ4n) is 1.98. The molecule has 2 heteroatoms. The molecule has 12 heavy (non-hydrogen) atoms. The third kappa shape index (κ3) is 1.38. The predicted molar refractivity (Wildman–Crippen MR) is 55.4 cm³/mol. The third-order valence-electron chi connectivity index (χ3n) is 2.86. The summed E-state index contributed by atoms with van der Waals surface area (Å²) in [5.41, 5.74) is -0.649. The van der Waals surface area contributed by atoms with Crippen molar-refractivity contribution in [3.8, 4) is 0 Å². The summed E-state index contributed by atoms with van der Waals surface area (Å²) in [7, 11) is 0. The summed E-state index contributed by atoms with van der Waals surface area (Å²) >= 11 is 3.35. The molecule has 0 saturated heterocycles. The fraction of sp³-hybridized carbons (Fsp3) is 0.600. The zero-order chi connectivity index (χ0) is 9.19. The molecule has 0 spiro atoms. The SMILES string of the molecule is C=C[C@@H]1CC[C@@H](C=C)C1(O)CBr. The second-order valence-electron chi connectivity index (χ2n) is 3.39. The van der Waals surface area contributed by atoms with Crippen LogP contribution < -0.4 is 0 Å². The first-order valence-electron chi connectivity index (χ1n) is 4.22. The zero-order valence-electron chi connectivity index (χ0n) is 7.17. The molecule has 1 N–H and O–H groups in total. The van der Waals surface area contributed by atoms with Gasteiger partial charge in [0, 0.05) is 17.2 Å². The molecule has 1 rings (SSSR count). The van der Waals surface area contributed by atoms with Crippen LogP contribution in [0.5, 0.6) is 0 Å². The molecule has 1 fully saturated rings. The average molecular weight is 231 g/mol. The average Bonchev–Trinajstić information content (AvgIpc) is 2.42. The summed E-state index contributed by atoms with van der Waals surface area (Å²) < 4.78 is 0. The van der Waals surface area contributed by atoms with Gasteiger partial charge in [-0.05, 0) is 12.8 Å². The monoisotopic (exact) mass is 230 g/mol. The first kappa shape index (κ1) is 10.0. The van der Waals surface area contributed by atoms with Crippen molar-refractivity contribution >= 4 is 15.9 Å². The quantitative estimate of drug-likeness (QED) is 0.584. The van der Waals surface area contributed by atoms with E-state index in [1.807, 2.05) is 12.2 Å². The lowest BCUT2D eigenvalue weighted by molar-refractivity contribution is 0.0185. The highest BCUT2D eigenvalue weighted by Crippen LogP contribution is 2.42. The molecular weight excluding hydrogens is 216 g/mol. The molecule has 1 aliphatic carbocycles. The number of halogens is 1. The van der Waals surface area contributed by atoms with E-state index < -0.39 is 5.60 Å². The van der Waals surface area contributed by atoms with Gasteiger partial charge in [0.2, 0.25) is 0 Å². The van der Waals surface area contributed by atoms with Gasteiger partial charge in [-0.1, -0.05) is 28.1 Å². The summed E-state index contributed by atoms with van der Waals surface area (Å²) in [4.78, 5) is 0. The first-order chi connectivity index (χ1) is 5.69. The van der Waals surface area contributed by atoms with Crippen LogP contribution in [0.25, 0.3) is 0 Å². The second-order valence-corrected chi connectivity index (χ2v) is 3.95. The van der Waals surface area contributed by atoms with Crippen molar-refractivity contribution in [1.82, 2.24) is 0 Å². The van der Waals surface area contributed by atoms with Gasteiger partial charge in [0.1, 0.15) is 0 Å². The maximum Gasteiger partial charge on any atom is 0.0868 e. The first-order valence-corrected chi connectivity index (χ1v) is 5.34. The topological polar surface area (TPSA) is 20.2 Å². The van der Waals surface area contributed by atoms with Crippen molar-refractivity contribution in [2.45, 2.75) is 18.4 Å². The maximum atomic E-state index is 10.2. The fourth-order valence-corrected chi connectivity index (χ4v) is 2.81. The van der Waals surface area contributed by atoms with E-state index in [9.17, 15) is 5.11 Å². The molecule has 0 aromatic rings. The minimum atomic E-state index is -0.649. The Labute approximate surface area is 82.3 Å². The van der Waals surface area contributed by atoms with Crippen molar-refractivity contribution in [2.24, 2.45) is 11.8 Å². The van der Waals surface area contributed by atoms with Crippen LogP contribution >= 0.6 is 15.9 Å². The molecule has 1 nitrogen and oxygen atoms in total. The zero-order valence-corrected chi connectivity index (χ0v) is 8.76. The van der Waals surface area contributed by atoms with Gasteiger partial charge in [0.25, 0.3) is 0 Å².